The van der Waals surface area contributed by atoms with Gasteiger partial charge in [-0.2, -0.15) is 0 Å². The van der Waals surface area contributed by atoms with E-state index in [1.807, 2.05) is 7.05 Å². The number of carbonyl (C=O) groups is 3. The van der Waals surface area contributed by atoms with Crippen molar-refractivity contribution in [2.24, 2.45) is 0 Å². The van der Waals surface area contributed by atoms with Gasteiger partial charge in [-0.1, -0.05) is 77.6 Å². The van der Waals surface area contributed by atoms with Gasteiger partial charge < -0.3 is 14.8 Å². The molecule has 1 unspecified atom stereocenters. The summed E-state index contributed by atoms with van der Waals surface area (Å²) in [6, 6.07) is 0. The lowest BCUT2D eigenvalue weighted by Gasteiger charge is -2.21. The van der Waals surface area contributed by atoms with Gasteiger partial charge in [-0.25, -0.2) is 0 Å². The molecular weight excluding hydrogens is 398 g/mol. The minimum atomic E-state index is -0.679. The molecule has 0 aromatic carbocycles. The molecule has 0 saturated carbocycles. The minimum absolute atomic E-state index is 0.0919. The summed E-state index contributed by atoms with van der Waals surface area (Å²) in [5, 5.41) is 8.38. The maximum Gasteiger partial charge on any atom is 0.303 e. The van der Waals surface area contributed by atoms with Crippen LogP contribution in [0, 0.1) is 0 Å². The second-order valence-corrected chi connectivity index (χ2v) is 9.57. The first-order chi connectivity index (χ1) is 14.5. The molecule has 0 rings (SSSR count). The summed E-state index contributed by atoms with van der Waals surface area (Å²) < 4.78 is 0. The van der Waals surface area contributed by atoms with Crippen molar-refractivity contribution in [3.05, 3.63) is 0 Å². The van der Waals surface area contributed by atoms with Crippen molar-refractivity contribution in [1.29, 1.82) is 0 Å². The van der Waals surface area contributed by atoms with Crippen LogP contribution in [0.5, 0.6) is 0 Å². The van der Waals surface area contributed by atoms with Crippen molar-refractivity contribution < 1.29 is 19.5 Å². The van der Waals surface area contributed by atoms with E-state index in [0.29, 0.717) is 12.8 Å². The summed E-state index contributed by atoms with van der Waals surface area (Å²) in [5.41, 5.74) is 0. The van der Waals surface area contributed by atoms with Crippen molar-refractivity contribution >= 4 is 29.9 Å². The molecule has 0 aliphatic heterocycles. The Kier molecular flexibility index (Phi) is 20.5. The van der Waals surface area contributed by atoms with Crippen LogP contribution in [0.15, 0.2) is 0 Å². The maximum absolute atomic E-state index is 12.4. The molecule has 6 heteroatoms. The number of aliphatic carboxylic acids is 1. The predicted octanol–water partition coefficient (Wildman–Crippen LogP) is 6.09. The van der Waals surface area contributed by atoms with Crippen LogP contribution in [0.4, 0.5) is 0 Å². The summed E-state index contributed by atoms with van der Waals surface area (Å²) in [6.45, 7) is 2.81. The molecule has 30 heavy (non-hydrogen) atoms. The summed E-state index contributed by atoms with van der Waals surface area (Å²) >= 11 is 1.64. The van der Waals surface area contributed by atoms with Crippen molar-refractivity contribution in [2.45, 2.75) is 115 Å². The van der Waals surface area contributed by atoms with Crippen LogP contribution in [0.3, 0.4) is 0 Å². The number of thioether (sulfide) groups is 1. The summed E-state index contributed by atoms with van der Waals surface area (Å²) in [6.07, 6.45) is 18.1. The molecule has 0 heterocycles. The van der Waals surface area contributed by atoms with E-state index in [1.54, 1.807) is 16.7 Å². The van der Waals surface area contributed by atoms with Gasteiger partial charge in [0.1, 0.15) is 6.29 Å². The van der Waals surface area contributed by atoms with E-state index >= 15 is 0 Å². The first kappa shape index (κ1) is 29.0. The number of hydrogen-bond acceptors (Lipinski definition) is 4. The highest BCUT2D eigenvalue weighted by molar-refractivity contribution is 8.00. The molecular formula is C24H45NO4S. The largest absolute Gasteiger partial charge is 0.481 e. The second-order valence-electron chi connectivity index (χ2n) is 8.26. The van der Waals surface area contributed by atoms with E-state index in [4.69, 9.17) is 5.11 Å². The number of carboxylic acid groups (broad SMARTS) is 1. The number of carboxylic acids is 1. The van der Waals surface area contributed by atoms with E-state index in [2.05, 4.69) is 6.92 Å². The number of aldehydes is 1. The number of carbonyl (C=O) groups excluding carboxylic acids is 2. The number of rotatable bonds is 22. The fourth-order valence-electron chi connectivity index (χ4n) is 3.57. The zero-order chi connectivity index (χ0) is 22.5. The monoisotopic (exact) mass is 443 g/mol. The lowest BCUT2D eigenvalue weighted by molar-refractivity contribution is -0.137. The second kappa shape index (κ2) is 21.2. The lowest BCUT2D eigenvalue weighted by Crippen LogP contribution is -2.35. The Hall–Kier alpha value is -1.04. The average molecular weight is 444 g/mol. The molecule has 0 spiro atoms. The lowest BCUT2D eigenvalue weighted by atomic mass is 10.0. The zero-order valence-electron chi connectivity index (χ0n) is 19.4. The number of nitrogens with zero attached hydrogens (tertiary/aromatic N) is 1. The summed E-state index contributed by atoms with van der Waals surface area (Å²) in [4.78, 5) is 35.4. The third-order valence-electron chi connectivity index (χ3n) is 5.37. The maximum atomic E-state index is 12.4. The van der Waals surface area contributed by atoms with Crippen molar-refractivity contribution in [1.82, 2.24) is 4.90 Å². The van der Waals surface area contributed by atoms with Crippen LogP contribution in [0.1, 0.15) is 110 Å². The van der Waals surface area contributed by atoms with Crippen LogP contribution < -0.4 is 0 Å². The van der Waals surface area contributed by atoms with Gasteiger partial charge >= 0.3 is 5.97 Å². The number of amides is 1. The van der Waals surface area contributed by atoms with Gasteiger partial charge in [-0.05, 0) is 25.0 Å². The van der Waals surface area contributed by atoms with E-state index < -0.39 is 5.97 Å². The third kappa shape index (κ3) is 17.8. The van der Waals surface area contributed by atoms with Gasteiger partial charge in [0, 0.05) is 26.4 Å². The Balaban J connectivity index is 3.48. The van der Waals surface area contributed by atoms with Crippen LogP contribution >= 0.6 is 11.8 Å². The van der Waals surface area contributed by atoms with Crippen LogP contribution in [-0.4, -0.2) is 52.8 Å². The SMILES string of the molecule is CCCN(C)C(=O)C(CC=O)SCCCCCCCCCCCCCCCC(=O)O. The molecule has 0 aliphatic rings. The average Bonchev–Trinajstić information content (AvgIpc) is 2.72. The van der Waals surface area contributed by atoms with E-state index in [-0.39, 0.29) is 11.2 Å². The molecule has 0 saturated heterocycles. The quantitative estimate of drug-likeness (QED) is 0.162. The molecule has 0 aliphatic carbocycles. The predicted molar refractivity (Wildman–Crippen MR) is 127 cm³/mol. The molecule has 0 radical (unpaired) electrons. The molecule has 0 bridgehead atoms. The Morgan fingerprint density at radius 3 is 1.77 bits per heavy atom. The fourth-order valence-corrected chi connectivity index (χ4v) is 4.76. The minimum Gasteiger partial charge on any atom is -0.481 e. The van der Waals surface area contributed by atoms with Crippen molar-refractivity contribution in [2.75, 3.05) is 19.3 Å². The molecule has 5 nitrogen and oxygen atoms in total. The highest BCUT2D eigenvalue weighted by Crippen LogP contribution is 2.19. The van der Waals surface area contributed by atoms with Gasteiger partial charge in [-0.3, -0.25) is 9.59 Å². The third-order valence-corrected chi connectivity index (χ3v) is 6.70. The molecule has 1 N–H and O–H groups in total. The van der Waals surface area contributed by atoms with Crippen molar-refractivity contribution in [3.8, 4) is 0 Å². The molecule has 0 aromatic rings. The van der Waals surface area contributed by atoms with Gasteiger partial charge in [0.2, 0.25) is 5.91 Å². The van der Waals surface area contributed by atoms with Gasteiger partial charge in [0.25, 0.3) is 0 Å². The summed E-state index contributed by atoms with van der Waals surface area (Å²) in [5.74, 6) is 0.367. The Labute approximate surface area is 188 Å². The number of hydrogen-bond donors (Lipinski definition) is 1. The van der Waals surface area contributed by atoms with Crippen LogP contribution in [0.25, 0.3) is 0 Å². The normalized spacial score (nSPS) is 11.9. The van der Waals surface area contributed by atoms with Gasteiger partial charge in [0.05, 0.1) is 5.25 Å². The summed E-state index contributed by atoms with van der Waals surface area (Å²) in [7, 11) is 1.83. The van der Waals surface area contributed by atoms with Gasteiger partial charge in [0.15, 0.2) is 0 Å². The van der Waals surface area contributed by atoms with E-state index in [9.17, 15) is 14.4 Å². The highest BCUT2D eigenvalue weighted by Gasteiger charge is 2.21. The zero-order valence-corrected chi connectivity index (χ0v) is 20.2. The topological polar surface area (TPSA) is 74.7 Å². The first-order valence-corrected chi connectivity index (χ1v) is 13.1. The Morgan fingerprint density at radius 1 is 0.867 bits per heavy atom. The molecule has 1 amide bonds. The Bertz CT molecular complexity index is 445. The van der Waals surface area contributed by atoms with Crippen LogP contribution in [-0.2, 0) is 14.4 Å². The van der Waals surface area contributed by atoms with E-state index in [1.165, 1.54) is 64.2 Å². The molecule has 1 atom stereocenters. The van der Waals surface area contributed by atoms with Gasteiger partial charge in [-0.15, -0.1) is 11.8 Å². The molecule has 0 fully saturated rings. The smallest absolute Gasteiger partial charge is 0.303 e. The van der Waals surface area contributed by atoms with E-state index in [0.717, 1.165) is 44.3 Å². The van der Waals surface area contributed by atoms with Crippen molar-refractivity contribution in [3.63, 3.8) is 0 Å². The molecule has 176 valence electrons. The first-order valence-electron chi connectivity index (χ1n) is 12.0. The Morgan fingerprint density at radius 2 is 1.33 bits per heavy atom. The fraction of sp³-hybridized carbons (Fsp3) is 0.875. The highest BCUT2D eigenvalue weighted by atomic mass is 32.2. The standard InChI is InChI=1S/C24H45NO4S/c1-3-19-25(2)24(29)22(18-20-26)30-21-16-14-12-10-8-6-4-5-7-9-11-13-15-17-23(27)28/h20,22H,3-19,21H2,1-2H3,(H,27,28). The molecule has 0 aromatic heterocycles. The number of unbranched alkanes of at least 4 members (excludes halogenated alkanes) is 12. The van der Waals surface area contributed by atoms with Crippen LogP contribution in [0.2, 0.25) is 0 Å².